The van der Waals surface area contributed by atoms with Crippen LogP contribution in [0, 0.1) is 4.77 Å². The molecule has 0 radical (unpaired) electrons. The first-order valence-corrected chi connectivity index (χ1v) is 8.68. The molecule has 0 aromatic carbocycles. The normalized spacial score (nSPS) is 21.1. The zero-order chi connectivity index (χ0) is 16.9. The van der Waals surface area contributed by atoms with Crippen LogP contribution >= 0.6 is 12.2 Å². The van der Waals surface area contributed by atoms with Crippen molar-refractivity contribution < 1.29 is 14.7 Å². The molecule has 0 unspecified atom stereocenters. The standard InChI is InChI=1S/C16H23N5O2S/c1-23-11-10-20-15(13-2-6-17-7-3-13)18-21(16(20)24)12-19-8-4-14(22)5-9-19/h2-3,6-7,14,22H,4-5,8-12H2,1H3/p+1. The third-order valence-electron chi connectivity index (χ3n) is 4.42. The molecule has 3 rings (SSSR count). The topological polar surface area (TPSA) is 69.5 Å². The summed E-state index contributed by atoms with van der Waals surface area (Å²) in [4.78, 5) is 5.47. The number of ether oxygens (including phenoxy) is 1. The Hall–Kier alpha value is -1.61. The SMILES string of the molecule is COCCn1c(-c2ccncc2)nn(C[NH+]2CCC(O)CC2)c1=S. The summed E-state index contributed by atoms with van der Waals surface area (Å²) in [6, 6.07) is 3.88. The number of methoxy groups -OCH3 is 1. The van der Waals surface area contributed by atoms with Crippen LogP contribution in [0.3, 0.4) is 0 Å². The molecule has 3 heterocycles. The Kier molecular flexibility index (Phi) is 5.72. The van der Waals surface area contributed by atoms with E-state index in [0.717, 1.165) is 44.0 Å². The number of nitrogens with zero attached hydrogens (tertiary/aromatic N) is 4. The molecule has 1 fully saturated rings. The Bertz CT molecular complexity index is 707. The van der Waals surface area contributed by atoms with Crippen LogP contribution in [-0.2, 0) is 18.0 Å². The molecule has 7 nitrogen and oxygen atoms in total. The second-order valence-corrected chi connectivity index (χ2v) is 6.49. The lowest BCUT2D eigenvalue weighted by atomic mass is 10.1. The van der Waals surface area contributed by atoms with Crippen LogP contribution in [0.1, 0.15) is 12.8 Å². The van der Waals surface area contributed by atoms with E-state index in [2.05, 4.69) is 4.98 Å². The number of pyridine rings is 1. The maximum atomic E-state index is 9.66. The van der Waals surface area contributed by atoms with Gasteiger partial charge in [0.25, 0.3) is 0 Å². The predicted octanol–water partition coefficient (Wildman–Crippen LogP) is 0.120. The average molecular weight is 350 g/mol. The number of quaternary nitrogens is 1. The lowest BCUT2D eigenvalue weighted by molar-refractivity contribution is -0.929. The highest BCUT2D eigenvalue weighted by molar-refractivity contribution is 7.71. The molecule has 0 atom stereocenters. The lowest BCUT2D eigenvalue weighted by Gasteiger charge is -2.26. The molecule has 24 heavy (non-hydrogen) atoms. The summed E-state index contributed by atoms with van der Waals surface area (Å²) >= 11 is 5.65. The minimum Gasteiger partial charge on any atom is -0.393 e. The maximum absolute atomic E-state index is 9.66. The first-order valence-electron chi connectivity index (χ1n) is 8.27. The van der Waals surface area contributed by atoms with Gasteiger partial charge in [0.05, 0.1) is 32.3 Å². The molecule has 2 aromatic rings. The first-order chi connectivity index (χ1) is 11.7. The number of nitrogens with one attached hydrogen (secondary N) is 1. The predicted molar refractivity (Wildman–Crippen MR) is 92.1 cm³/mol. The number of aliphatic hydroxyl groups excluding tert-OH is 1. The fraction of sp³-hybridized carbons (Fsp3) is 0.562. The summed E-state index contributed by atoms with van der Waals surface area (Å²) in [5, 5.41) is 14.4. The van der Waals surface area contributed by atoms with Gasteiger partial charge in [-0.1, -0.05) is 0 Å². The Morgan fingerprint density at radius 3 is 2.71 bits per heavy atom. The lowest BCUT2D eigenvalue weighted by Crippen LogP contribution is -3.12. The minimum absolute atomic E-state index is 0.159. The molecule has 1 saturated heterocycles. The summed E-state index contributed by atoms with van der Waals surface area (Å²) in [6.07, 6.45) is 5.03. The molecule has 1 aliphatic heterocycles. The van der Waals surface area contributed by atoms with Gasteiger partial charge >= 0.3 is 0 Å². The molecular formula is C16H24N5O2S+. The van der Waals surface area contributed by atoms with Crippen LogP contribution in [0.4, 0.5) is 0 Å². The van der Waals surface area contributed by atoms with Gasteiger partial charge in [0.2, 0.25) is 4.77 Å². The number of aromatic nitrogens is 4. The van der Waals surface area contributed by atoms with E-state index >= 15 is 0 Å². The van der Waals surface area contributed by atoms with Gasteiger partial charge in [0, 0.05) is 37.9 Å². The van der Waals surface area contributed by atoms with Crippen molar-refractivity contribution in [3.63, 3.8) is 0 Å². The molecule has 130 valence electrons. The van der Waals surface area contributed by atoms with Gasteiger partial charge in [0.1, 0.15) is 0 Å². The van der Waals surface area contributed by atoms with Crippen molar-refractivity contribution in [2.45, 2.75) is 32.2 Å². The highest BCUT2D eigenvalue weighted by Crippen LogP contribution is 2.17. The fourth-order valence-electron chi connectivity index (χ4n) is 3.02. The summed E-state index contributed by atoms with van der Waals surface area (Å²) < 4.78 is 9.84. The summed E-state index contributed by atoms with van der Waals surface area (Å²) in [5.41, 5.74) is 0.995. The van der Waals surface area contributed by atoms with Gasteiger partial charge in [-0.25, -0.2) is 0 Å². The van der Waals surface area contributed by atoms with Crippen molar-refractivity contribution in [3.05, 3.63) is 29.3 Å². The van der Waals surface area contributed by atoms with Crippen LogP contribution in [0.2, 0.25) is 0 Å². The smallest absolute Gasteiger partial charge is 0.203 e. The molecule has 0 spiro atoms. The molecular weight excluding hydrogens is 326 g/mol. The number of rotatable bonds is 6. The van der Waals surface area contributed by atoms with Crippen molar-refractivity contribution in [2.75, 3.05) is 26.8 Å². The van der Waals surface area contributed by atoms with Crippen LogP contribution < -0.4 is 4.90 Å². The van der Waals surface area contributed by atoms with E-state index in [-0.39, 0.29) is 6.10 Å². The van der Waals surface area contributed by atoms with E-state index in [1.165, 1.54) is 4.90 Å². The van der Waals surface area contributed by atoms with Crippen molar-refractivity contribution in [2.24, 2.45) is 0 Å². The van der Waals surface area contributed by atoms with Crippen LogP contribution in [0.5, 0.6) is 0 Å². The Labute approximate surface area is 146 Å². The van der Waals surface area contributed by atoms with Crippen molar-refractivity contribution in [1.82, 2.24) is 19.3 Å². The Morgan fingerprint density at radius 1 is 1.33 bits per heavy atom. The molecule has 0 bridgehead atoms. The Morgan fingerprint density at radius 2 is 2.04 bits per heavy atom. The highest BCUT2D eigenvalue weighted by Gasteiger charge is 2.22. The van der Waals surface area contributed by atoms with Gasteiger partial charge in [-0.3, -0.25) is 9.55 Å². The second-order valence-electron chi connectivity index (χ2n) is 6.13. The first kappa shape index (κ1) is 17.2. The largest absolute Gasteiger partial charge is 0.393 e. The zero-order valence-corrected chi connectivity index (χ0v) is 14.7. The number of hydrogen-bond acceptors (Lipinski definition) is 5. The van der Waals surface area contributed by atoms with E-state index in [0.29, 0.717) is 17.9 Å². The third kappa shape index (κ3) is 3.89. The zero-order valence-electron chi connectivity index (χ0n) is 13.9. The molecule has 0 aliphatic carbocycles. The number of likely N-dealkylation sites (tertiary alicyclic amines) is 1. The summed E-state index contributed by atoms with van der Waals surface area (Å²) in [6.45, 7) is 3.86. The number of hydrogen-bond donors (Lipinski definition) is 2. The molecule has 8 heteroatoms. The molecule has 2 N–H and O–H groups in total. The van der Waals surface area contributed by atoms with Crippen LogP contribution in [0.25, 0.3) is 11.4 Å². The molecule has 0 saturated carbocycles. The van der Waals surface area contributed by atoms with Gasteiger partial charge in [-0.15, -0.1) is 5.10 Å². The van der Waals surface area contributed by atoms with Gasteiger partial charge in [-0.2, -0.15) is 4.68 Å². The fourth-order valence-corrected chi connectivity index (χ4v) is 3.31. The van der Waals surface area contributed by atoms with E-state index < -0.39 is 0 Å². The Balaban J connectivity index is 1.87. The van der Waals surface area contributed by atoms with E-state index in [1.54, 1.807) is 19.5 Å². The van der Waals surface area contributed by atoms with Gasteiger partial charge < -0.3 is 14.7 Å². The van der Waals surface area contributed by atoms with Gasteiger partial charge in [-0.05, 0) is 24.4 Å². The number of aliphatic hydroxyl groups is 1. The quantitative estimate of drug-likeness (QED) is 0.725. The summed E-state index contributed by atoms with van der Waals surface area (Å²) in [7, 11) is 1.68. The van der Waals surface area contributed by atoms with Crippen LogP contribution in [-0.4, -0.2) is 57.3 Å². The van der Waals surface area contributed by atoms with Crippen molar-refractivity contribution >= 4 is 12.2 Å². The minimum atomic E-state index is -0.159. The molecule has 1 aliphatic rings. The molecule has 0 amide bonds. The van der Waals surface area contributed by atoms with E-state index in [4.69, 9.17) is 22.1 Å². The summed E-state index contributed by atoms with van der Waals surface area (Å²) in [5.74, 6) is 0.843. The third-order valence-corrected chi connectivity index (χ3v) is 4.85. The monoisotopic (exact) mass is 350 g/mol. The molecule has 2 aromatic heterocycles. The average Bonchev–Trinajstić information content (AvgIpc) is 2.92. The van der Waals surface area contributed by atoms with Gasteiger partial charge in [0.15, 0.2) is 12.5 Å². The van der Waals surface area contributed by atoms with Crippen molar-refractivity contribution in [1.29, 1.82) is 0 Å². The van der Waals surface area contributed by atoms with E-state index in [9.17, 15) is 5.11 Å². The van der Waals surface area contributed by atoms with E-state index in [1.807, 2.05) is 21.4 Å². The van der Waals surface area contributed by atoms with Crippen molar-refractivity contribution in [3.8, 4) is 11.4 Å². The maximum Gasteiger partial charge on any atom is 0.203 e. The highest BCUT2D eigenvalue weighted by atomic mass is 32.1. The second kappa shape index (κ2) is 7.98. The number of piperidine rings is 1. The van der Waals surface area contributed by atoms with Crippen LogP contribution in [0.15, 0.2) is 24.5 Å².